The van der Waals surface area contributed by atoms with Gasteiger partial charge in [-0.25, -0.2) is 0 Å². The van der Waals surface area contributed by atoms with Crippen LogP contribution in [0.5, 0.6) is 0 Å². The van der Waals surface area contributed by atoms with Crippen molar-refractivity contribution in [3.63, 3.8) is 0 Å². The first kappa shape index (κ1) is 15.3. The second kappa shape index (κ2) is 7.07. The molecule has 1 fully saturated rings. The average Bonchev–Trinajstić information content (AvgIpc) is 2.90. The number of halogens is 2. The highest BCUT2D eigenvalue weighted by molar-refractivity contribution is 9.10. The standard InChI is InChI=1S/C15H22BrClN2/c1-2-19(12-5-3-4-6-12)15(10-18)13-8-7-11(17)9-14(13)16/h7-9,12,15H,2-6,10,18H2,1H3. The van der Waals surface area contributed by atoms with Crippen molar-refractivity contribution in [2.75, 3.05) is 13.1 Å². The van der Waals surface area contributed by atoms with Crippen molar-refractivity contribution in [1.82, 2.24) is 4.90 Å². The molecule has 1 unspecified atom stereocenters. The Labute approximate surface area is 129 Å². The second-order valence-electron chi connectivity index (χ2n) is 5.19. The van der Waals surface area contributed by atoms with Gasteiger partial charge in [-0.15, -0.1) is 0 Å². The van der Waals surface area contributed by atoms with Gasteiger partial charge in [-0.2, -0.15) is 0 Å². The molecule has 0 saturated heterocycles. The molecule has 0 heterocycles. The molecule has 0 amide bonds. The summed E-state index contributed by atoms with van der Waals surface area (Å²) < 4.78 is 1.06. The van der Waals surface area contributed by atoms with Gasteiger partial charge >= 0.3 is 0 Å². The summed E-state index contributed by atoms with van der Waals surface area (Å²) in [5.74, 6) is 0. The molecule has 1 aliphatic rings. The predicted molar refractivity (Wildman–Crippen MR) is 85.6 cm³/mol. The summed E-state index contributed by atoms with van der Waals surface area (Å²) in [6.45, 7) is 3.91. The second-order valence-corrected chi connectivity index (χ2v) is 6.48. The minimum absolute atomic E-state index is 0.278. The number of benzene rings is 1. The molecule has 1 aromatic rings. The number of nitrogens with two attached hydrogens (primary N) is 1. The first-order valence-corrected chi connectivity index (χ1v) is 8.25. The fourth-order valence-electron chi connectivity index (χ4n) is 3.18. The van der Waals surface area contributed by atoms with Crippen molar-refractivity contribution >= 4 is 27.5 Å². The van der Waals surface area contributed by atoms with Gasteiger partial charge in [-0.3, -0.25) is 4.90 Å². The van der Waals surface area contributed by atoms with Gasteiger partial charge in [0.1, 0.15) is 0 Å². The Hall–Kier alpha value is -0.0900. The number of nitrogens with zero attached hydrogens (tertiary/aromatic N) is 1. The van der Waals surface area contributed by atoms with E-state index < -0.39 is 0 Å². The van der Waals surface area contributed by atoms with Crippen LogP contribution in [0.3, 0.4) is 0 Å². The lowest BCUT2D eigenvalue weighted by molar-refractivity contribution is 0.147. The van der Waals surface area contributed by atoms with Gasteiger partial charge in [0.15, 0.2) is 0 Å². The Morgan fingerprint density at radius 2 is 2.11 bits per heavy atom. The van der Waals surface area contributed by atoms with Crippen LogP contribution in [0.2, 0.25) is 5.02 Å². The summed E-state index contributed by atoms with van der Waals surface area (Å²) >= 11 is 9.66. The third-order valence-corrected chi connectivity index (χ3v) is 5.03. The molecule has 0 aromatic heterocycles. The molecule has 0 aliphatic heterocycles. The van der Waals surface area contributed by atoms with E-state index in [2.05, 4.69) is 33.8 Å². The zero-order chi connectivity index (χ0) is 13.8. The number of hydrogen-bond acceptors (Lipinski definition) is 2. The van der Waals surface area contributed by atoms with Gasteiger partial charge in [-0.05, 0) is 37.1 Å². The van der Waals surface area contributed by atoms with E-state index in [4.69, 9.17) is 17.3 Å². The minimum atomic E-state index is 0.278. The molecule has 19 heavy (non-hydrogen) atoms. The molecule has 1 atom stereocenters. The zero-order valence-electron chi connectivity index (χ0n) is 11.4. The van der Waals surface area contributed by atoms with Crippen molar-refractivity contribution in [2.24, 2.45) is 5.73 Å². The van der Waals surface area contributed by atoms with E-state index in [-0.39, 0.29) is 6.04 Å². The minimum Gasteiger partial charge on any atom is -0.329 e. The van der Waals surface area contributed by atoms with Crippen LogP contribution in [0.4, 0.5) is 0 Å². The molecule has 2 nitrogen and oxygen atoms in total. The van der Waals surface area contributed by atoms with Crippen molar-refractivity contribution in [3.05, 3.63) is 33.3 Å². The van der Waals surface area contributed by atoms with E-state index in [1.54, 1.807) is 0 Å². The molecule has 0 spiro atoms. The van der Waals surface area contributed by atoms with Gasteiger partial charge in [0.05, 0.1) is 0 Å². The van der Waals surface area contributed by atoms with Crippen LogP contribution >= 0.6 is 27.5 Å². The Morgan fingerprint density at radius 1 is 1.42 bits per heavy atom. The molecule has 0 radical (unpaired) electrons. The normalized spacial score (nSPS) is 18.2. The Balaban J connectivity index is 2.26. The summed E-state index contributed by atoms with van der Waals surface area (Å²) in [4.78, 5) is 2.56. The lowest BCUT2D eigenvalue weighted by Crippen LogP contribution is -2.40. The molecular weight excluding hydrogens is 324 g/mol. The molecule has 106 valence electrons. The van der Waals surface area contributed by atoms with Gasteiger partial charge in [-0.1, -0.05) is 53.4 Å². The van der Waals surface area contributed by atoms with Gasteiger partial charge in [0.2, 0.25) is 0 Å². The fourth-order valence-corrected chi connectivity index (χ4v) is 4.13. The molecule has 1 aliphatic carbocycles. The van der Waals surface area contributed by atoms with Gasteiger partial charge < -0.3 is 5.73 Å². The molecule has 2 N–H and O–H groups in total. The van der Waals surface area contributed by atoms with Crippen LogP contribution in [0.25, 0.3) is 0 Å². The largest absolute Gasteiger partial charge is 0.329 e. The van der Waals surface area contributed by atoms with E-state index in [0.717, 1.165) is 16.0 Å². The first-order chi connectivity index (χ1) is 9.17. The van der Waals surface area contributed by atoms with Crippen LogP contribution in [0, 0.1) is 0 Å². The average molecular weight is 346 g/mol. The van der Waals surface area contributed by atoms with Gasteiger partial charge in [0.25, 0.3) is 0 Å². The van der Waals surface area contributed by atoms with E-state index in [9.17, 15) is 0 Å². The van der Waals surface area contributed by atoms with Crippen LogP contribution in [0.15, 0.2) is 22.7 Å². The first-order valence-electron chi connectivity index (χ1n) is 7.08. The molecule has 0 bridgehead atoms. The summed E-state index contributed by atoms with van der Waals surface area (Å²) in [6.07, 6.45) is 5.30. The number of likely N-dealkylation sites (N-methyl/N-ethyl adjacent to an activating group) is 1. The van der Waals surface area contributed by atoms with E-state index in [0.29, 0.717) is 12.6 Å². The smallest absolute Gasteiger partial charge is 0.0484 e. The van der Waals surface area contributed by atoms with Crippen molar-refractivity contribution < 1.29 is 0 Å². The highest BCUT2D eigenvalue weighted by Gasteiger charge is 2.28. The molecular formula is C15H22BrClN2. The lowest BCUT2D eigenvalue weighted by atomic mass is 10.0. The SMILES string of the molecule is CCN(C1CCCC1)C(CN)c1ccc(Cl)cc1Br. The fraction of sp³-hybridized carbons (Fsp3) is 0.600. The summed E-state index contributed by atoms with van der Waals surface area (Å²) in [6, 6.07) is 6.97. The maximum absolute atomic E-state index is 6.06. The zero-order valence-corrected chi connectivity index (χ0v) is 13.8. The Bertz CT molecular complexity index is 419. The van der Waals surface area contributed by atoms with E-state index in [1.165, 1.54) is 31.2 Å². The maximum Gasteiger partial charge on any atom is 0.0484 e. The monoisotopic (exact) mass is 344 g/mol. The highest BCUT2D eigenvalue weighted by atomic mass is 79.9. The molecule has 1 aromatic carbocycles. The van der Waals surface area contributed by atoms with Crippen LogP contribution in [-0.4, -0.2) is 24.0 Å². The van der Waals surface area contributed by atoms with Crippen LogP contribution in [0.1, 0.15) is 44.2 Å². The maximum atomic E-state index is 6.06. The van der Waals surface area contributed by atoms with Crippen LogP contribution < -0.4 is 5.73 Å². The molecule has 1 saturated carbocycles. The van der Waals surface area contributed by atoms with E-state index >= 15 is 0 Å². The van der Waals surface area contributed by atoms with Crippen molar-refractivity contribution in [2.45, 2.75) is 44.7 Å². The summed E-state index contributed by atoms with van der Waals surface area (Å²) in [5.41, 5.74) is 7.31. The molecule has 2 rings (SSSR count). The molecule has 4 heteroatoms. The predicted octanol–water partition coefficient (Wildman–Crippen LogP) is 4.37. The van der Waals surface area contributed by atoms with E-state index in [1.807, 2.05) is 12.1 Å². The summed E-state index contributed by atoms with van der Waals surface area (Å²) in [5, 5.41) is 0.760. The third-order valence-electron chi connectivity index (χ3n) is 4.10. The Kier molecular flexibility index (Phi) is 5.70. The number of rotatable bonds is 5. The third kappa shape index (κ3) is 3.52. The summed E-state index contributed by atoms with van der Waals surface area (Å²) in [7, 11) is 0. The Morgan fingerprint density at radius 3 is 2.63 bits per heavy atom. The van der Waals surface area contributed by atoms with Gasteiger partial charge in [0, 0.05) is 28.1 Å². The van der Waals surface area contributed by atoms with Crippen LogP contribution in [-0.2, 0) is 0 Å². The highest BCUT2D eigenvalue weighted by Crippen LogP contribution is 2.34. The lowest BCUT2D eigenvalue weighted by Gasteiger charge is -2.35. The van der Waals surface area contributed by atoms with Crippen molar-refractivity contribution in [1.29, 1.82) is 0 Å². The van der Waals surface area contributed by atoms with Crippen molar-refractivity contribution in [3.8, 4) is 0 Å². The quantitative estimate of drug-likeness (QED) is 0.858. The topological polar surface area (TPSA) is 29.3 Å². The number of hydrogen-bond donors (Lipinski definition) is 1.